The Kier molecular flexibility index (Phi) is 6.04. The first kappa shape index (κ1) is 18.2. The van der Waals surface area contributed by atoms with Crippen LogP contribution in [0.15, 0.2) is 17.0 Å². The van der Waals surface area contributed by atoms with Crippen LogP contribution in [0.25, 0.3) is 0 Å². The van der Waals surface area contributed by atoms with Crippen molar-refractivity contribution in [2.24, 2.45) is 5.92 Å². The van der Waals surface area contributed by atoms with E-state index >= 15 is 0 Å². The van der Waals surface area contributed by atoms with Gasteiger partial charge in [0.2, 0.25) is 10.0 Å². The molecule has 8 heteroatoms. The van der Waals surface area contributed by atoms with Crippen LogP contribution in [0.2, 0.25) is 10.0 Å². The predicted octanol–water partition coefficient (Wildman–Crippen LogP) is 3.40. The van der Waals surface area contributed by atoms with E-state index in [1.54, 1.807) is 0 Å². The molecular formula is C13H17Cl2NO4S. The summed E-state index contributed by atoms with van der Waals surface area (Å²) in [7, 11) is -3.96. The largest absolute Gasteiger partial charge is 0.478 e. The first-order valence-corrected chi connectivity index (χ1v) is 8.58. The minimum absolute atomic E-state index is 0.00484. The van der Waals surface area contributed by atoms with E-state index in [0.29, 0.717) is 6.42 Å². The van der Waals surface area contributed by atoms with E-state index < -0.39 is 16.0 Å². The zero-order valence-electron chi connectivity index (χ0n) is 11.9. The molecule has 0 radical (unpaired) electrons. The Labute approximate surface area is 134 Å². The molecule has 2 N–H and O–H groups in total. The van der Waals surface area contributed by atoms with E-state index in [4.69, 9.17) is 28.3 Å². The third kappa shape index (κ3) is 4.32. The molecular weight excluding hydrogens is 337 g/mol. The summed E-state index contributed by atoms with van der Waals surface area (Å²) in [5.41, 5.74) is -0.345. The number of benzene rings is 1. The monoisotopic (exact) mass is 353 g/mol. The molecule has 0 aliphatic rings. The lowest BCUT2D eigenvalue weighted by Crippen LogP contribution is -2.38. The van der Waals surface area contributed by atoms with Gasteiger partial charge in [-0.25, -0.2) is 17.9 Å². The Bertz CT molecular complexity index is 644. The molecule has 118 valence electrons. The molecule has 0 fully saturated rings. The van der Waals surface area contributed by atoms with Gasteiger partial charge < -0.3 is 5.11 Å². The normalized spacial score (nSPS) is 13.4. The van der Waals surface area contributed by atoms with Crippen LogP contribution in [0.4, 0.5) is 0 Å². The summed E-state index contributed by atoms with van der Waals surface area (Å²) >= 11 is 11.7. The lowest BCUT2D eigenvalue weighted by atomic mass is 10.0. The van der Waals surface area contributed by atoms with Crippen molar-refractivity contribution in [3.05, 3.63) is 27.7 Å². The molecule has 1 aromatic rings. The predicted molar refractivity (Wildman–Crippen MR) is 82.7 cm³/mol. The van der Waals surface area contributed by atoms with Crippen LogP contribution >= 0.6 is 23.2 Å². The molecule has 21 heavy (non-hydrogen) atoms. The summed E-state index contributed by atoms with van der Waals surface area (Å²) in [5, 5.41) is 8.68. The van der Waals surface area contributed by atoms with Crippen LogP contribution in [0.3, 0.4) is 0 Å². The summed E-state index contributed by atoms with van der Waals surface area (Å²) < 4.78 is 27.3. The maximum atomic E-state index is 12.4. The minimum atomic E-state index is -3.96. The van der Waals surface area contributed by atoms with Crippen molar-refractivity contribution >= 4 is 39.2 Å². The third-order valence-corrected chi connectivity index (χ3v) is 5.33. The van der Waals surface area contributed by atoms with Gasteiger partial charge in [0.25, 0.3) is 0 Å². The molecule has 0 saturated carbocycles. The van der Waals surface area contributed by atoms with Crippen molar-refractivity contribution in [2.75, 3.05) is 0 Å². The molecule has 1 unspecified atom stereocenters. The van der Waals surface area contributed by atoms with Crippen molar-refractivity contribution in [1.29, 1.82) is 0 Å². The number of aromatic carboxylic acids is 1. The van der Waals surface area contributed by atoms with Gasteiger partial charge in [-0.05, 0) is 24.5 Å². The number of carbonyl (C=O) groups is 1. The lowest BCUT2D eigenvalue weighted by Gasteiger charge is -2.21. The second-order valence-corrected chi connectivity index (χ2v) is 7.45. The number of hydrogen-bond donors (Lipinski definition) is 2. The van der Waals surface area contributed by atoms with E-state index in [1.165, 1.54) is 0 Å². The fourth-order valence-electron chi connectivity index (χ4n) is 1.87. The summed E-state index contributed by atoms with van der Waals surface area (Å²) in [4.78, 5) is 10.8. The zero-order chi connectivity index (χ0) is 16.4. The van der Waals surface area contributed by atoms with Gasteiger partial charge in [0.05, 0.1) is 10.6 Å². The average Bonchev–Trinajstić information content (AvgIpc) is 2.37. The molecule has 0 bridgehead atoms. The van der Waals surface area contributed by atoms with Gasteiger partial charge in [0, 0.05) is 11.1 Å². The Balaban J connectivity index is 3.35. The number of carboxylic acids is 1. The zero-order valence-corrected chi connectivity index (χ0v) is 14.2. The molecule has 5 nitrogen and oxygen atoms in total. The second-order valence-electron chi connectivity index (χ2n) is 4.95. The van der Waals surface area contributed by atoms with Crippen molar-refractivity contribution in [2.45, 2.75) is 38.1 Å². The maximum Gasteiger partial charge on any atom is 0.337 e. The number of rotatable bonds is 6. The van der Waals surface area contributed by atoms with Crippen molar-refractivity contribution in [3.8, 4) is 0 Å². The third-order valence-electron chi connectivity index (χ3n) is 3.08. The van der Waals surface area contributed by atoms with Crippen molar-refractivity contribution < 1.29 is 18.3 Å². The Hall–Kier alpha value is -0.820. The van der Waals surface area contributed by atoms with E-state index in [0.717, 1.165) is 12.1 Å². The highest BCUT2D eigenvalue weighted by atomic mass is 35.5. The van der Waals surface area contributed by atoms with Gasteiger partial charge in [-0.15, -0.1) is 0 Å². The van der Waals surface area contributed by atoms with Gasteiger partial charge in [0.15, 0.2) is 0 Å². The molecule has 0 heterocycles. The standard InChI is InChI=1S/C13H17Cl2NO4S/c1-4-10(7(2)3)16-21(19,20)11-6-8(14)5-9(12(11)15)13(17)18/h5-7,10,16H,4H2,1-3H3,(H,17,18). The molecule has 0 aliphatic heterocycles. The number of halogens is 2. The number of hydrogen-bond acceptors (Lipinski definition) is 3. The van der Waals surface area contributed by atoms with Gasteiger partial charge >= 0.3 is 5.97 Å². The van der Waals surface area contributed by atoms with Crippen LogP contribution in [-0.2, 0) is 10.0 Å². The van der Waals surface area contributed by atoms with E-state index in [1.807, 2.05) is 20.8 Å². The molecule has 1 aromatic carbocycles. The summed E-state index contributed by atoms with van der Waals surface area (Å²) in [6.45, 7) is 5.63. The van der Waals surface area contributed by atoms with E-state index in [2.05, 4.69) is 4.72 Å². The smallest absolute Gasteiger partial charge is 0.337 e. The fraction of sp³-hybridized carbons (Fsp3) is 0.462. The summed E-state index contributed by atoms with van der Waals surface area (Å²) in [5.74, 6) is -1.25. The number of carboxylic acid groups (broad SMARTS) is 1. The van der Waals surface area contributed by atoms with Crippen molar-refractivity contribution in [3.63, 3.8) is 0 Å². The molecule has 0 aromatic heterocycles. The SMILES string of the molecule is CCC(NS(=O)(=O)c1cc(Cl)cc(C(=O)O)c1Cl)C(C)C. The van der Waals surface area contributed by atoms with Crippen LogP contribution in [0, 0.1) is 5.92 Å². The maximum absolute atomic E-state index is 12.4. The number of sulfonamides is 1. The first-order chi connectivity index (χ1) is 9.60. The molecule has 0 aliphatic carbocycles. The Morgan fingerprint density at radius 1 is 1.33 bits per heavy atom. The lowest BCUT2D eigenvalue weighted by molar-refractivity contribution is 0.0697. The van der Waals surface area contributed by atoms with Crippen molar-refractivity contribution in [1.82, 2.24) is 4.72 Å². The molecule has 0 spiro atoms. The highest BCUT2D eigenvalue weighted by Gasteiger charge is 2.26. The Morgan fingerprint density at radius 2 is 1.90 bits per heavy atom. The van der Waals surface area contributed by atoms with Crippen LogP contribution < -0.4 is 4.72 Å². The van der Waals surface area contributed by atoms with Gasteiger partial charge in [-0.1, -0.05) is 44.0 Å². The average molecular weight is 354 g/mol. The highest BCUT2D eigenvalue weighted by Crippen LogP contribution is 2.30. The quantitative estimate of drug-likeness (QED) is 0.820. The molecule has 1 rings (SSSR count). The van der Waals surface area contributed by atoms with Gasteiger partial charge in [-0.2, -0.15) is 0 Å². The summed E-state index contributed by atoms with van der Waals surface area (Å²) in [6.07, 6.45) is 0.598. The summed E-state index contributed by atoms with van der Waals surface area (Å²) in [6, 6.07) is 1.98. The molecule has 0 saturated heterocycles. The highest BCUT2D eigenvalue weighted by molar-refractivity contribution is 7.89. The van der Waals surface area contributed by atoms with Gasteiger partial charge in [-0.3, -0.25) is 0 Å². The van der Waals surface area contributed by atoms with Crippen LogP contribution in [0.1, 0.15) is 37.6 Å². The van der Waals surface area contributed by atoms with Crippen LogP contribution in [0.5, 0.6) is 0 Å². The van der Waals surface area contributed by atoms with Gasteiger partial charge in [0.1, 0.15) is 4.90 Å². The number of nitrogens with one attached hydrogen (secondary N) is 1. The minimum Gasteiger partial charge on any atom is -0.478 e. The Morgan fingerprint density at radius 3 is 2.33 bits per heavy atom. The first-order valence-electron chi connectivity index (χ1n) is 6.34. The second kappa shape index (κ2) is 6.96. The molecule has 1 atom stereocenters. The fourth-order valence-corrected chi connectivity index (χ4v) is 4.24. The van der Waals surface area contributed by atoms with E-state index in [9.17, 15) is 13.2 Å². The van der Waals surface area contributed by atoms with E-state index in [-0.39, 0.29) is 32.5 Å². The topological polar surface area (TPSA) is 83.5 Å². The van der Waals surface area contributed by atoms with Crippen LogP contribution in [-0.4, -0.2) is 25.5 Å². The molecule has 0 amide bonds.